The molecule has 1 aliphatic carbocycles. The van der Waals surface area contributed by atoms with Crippen LogP contribution in [-0.4, -0.2) is 21.0 Å². The van der Waals surface area contributed by atoms with Gasteiger partial charge in [0.15, 0.2) is 0 Å². The molecule has 1 aromatic heterocycles. The number of amides is 1. The number of carbonyl (C=O) groups is 1. The zero-order valence-corrected chi connectivity index (χ0v) is 18.7. The molecule has 4 rings (SSSR count). The average molecular weight is 422 g/mol. The molecule has 2 aromatic carbocycles. The topological polar surface area (TPSA) is 46.9 Å². The van der Waals surface area contributed by atoms with Crippen molar-refractivity contribution >= 4 is 17.5 Å². The van der Waals surface area contributed by atoms with Gasteiger partial charge in [-0.25, -0.2) is 4.98 Å². The highest BCUT2D eigenvalue weighted by Crippen LogP contribution is 2.39. The van der Waals surface area contributed by atoms with Crippen LogP contribution in [-0.2, 0) is 0 Å². The van der Waals surface area contributed by atoms with Gasteiger partial charge in [0.2, 0.25) is 0 Å². The van der Waals surface area contributed by atoms with E-state index in [-0.39, 0.29) is 17.4 Å². The van der Waals surface area contributed by atoms with Crippen molar-refractivity contribution in [1.29, 1.82) is 0 Å². The lowest BCUT2D eigenvalue weighted by molar-refractivity contribution is 0.0903. The van der Waals surface area contributed by atoms with Crippen molar-refractivity contribution in [1.82, 2.24) is 14.9 Å². The van der Waals surface area contributed by atoms with Gasteiger partial charge in [-0.1, -0.05) is 37.6 Å². The minimum atomic E-state index is -0.203. The molecule has 156 valence electrons. The molecule has 30 heavy (non-hydrogen) atoms. The van der Waals surface area contributed by atoms with Gasteiger partial charge in [-0.05, 0) is 74.1 Å². The van der Waals surface area contributed by atoms with E-state index >= 15 is 0 Å². The summed E-state index contributed by atoms with van der Waals surface area (Å²) in [5.74, 6) is 1.75. The van der Waals surface area contributed by atoms with Crippen molar-refractivity contribution in [2.45, 2.75) is 52.0 Å². The molecule has 5 heteroatoms. The van der Waals surface area contributed by atoms with Crippen LogP contribution in [0.25, 0.3) is 16.8 Å². The van der Waals surface area contributed by atoms with E-state index in [1.807, 2.05) is 42.6 Å². The highest BCUT2D eigenvalue weighted by molar-refractivity contribution is 6.30. The second-order valence-corrected chi connectivity index (χ2v) is 9.47. The van der Waals surface area contributed by atoms with E-state index in [4.69, 9.17) is 11.6 Å². The summed E-state index contributed by atoms with van der Waals surface area (Å²) in [5, 5.41) is 3.94. The Bertz CT molecular complexity index is 1060. The molecular weight excluding hydrogens is 394 g/mol. The Morgan fingerprint density at radius 1 is 1.13 bits per heavy atom. The number of hydrogen-bond donors (Lipinski definition) is 1. The van der Waals surface area contributed by atoms with Crippen LogP contribution in [0.1, 0.15) is 62.6 Å². The average Bonchev–Trinajstić information content (AvgIpc) is 3.45. The van der Waals surface area contributed by atoms with Crippen molar-refractivity contribution in [3.05, 3.63) is 71.3 Å². The Morgan fingerprint density at radius 3 is 2.47 bits per heavy atom. The summed E-state index contributed by atoms with van der Waals surface area (Å²) < 4.78 is 2.06. The van der Waals surface area contributed by atoms with Crippen LogP contribution < -0.4 is 5.32 Å². The molecular formula is C25H28ClN3O. The second-order valence-electron chi connectivity index (χ2n) is 9.04. The SMILES string of the molecule is CC(C)c1nccn1-c1cc(C(=O)NC(C)(C)C2CC2)cc(-c2ccc(Cl)cc2)c1. The number of benzene rings is 2. The fraction of sp³-hybridized carbons (Fsp3) is 0.360. The number of halogens is 1. The van der Waals surface area contributed by atoms with Crippen LogP contribution in [0, 0.1) is 5.92 Å². The second kappa shape index (κ2) is 7.92. The molecule has 1 aliphatic rings. The summed E-state index contributed by atoms with van der Waals surface area (Å²) in [4.78, 5) is 17.7. The highest BCUT2D eigenvalue weighted by atomic mass is 35.5. The fourth-order valence-electron chi connectivity index (χ4n) is 3.92. The monoisotopic (exact) mass is 421 g/mol. The van der Waals surface area contributed by atoms with E-state index in [1.54, 1.807) is 6.20 Å². The quantitative estimate of drug-likeness (QED) is 0.512. The standard InChI is InChI=1S/C25H28ClN3O/c1-16(2)23-27-11-12-29(23)22-14-18(17-5-9-21(26)10-6-17)13-19(15-22)24(30)28-25(3,4)20-7-8-20/h5-6,9-16,20H,7-8H2,1-4H3,(H,28,30). The van der Waals surface area contributed by atoms with E-state index in [0.717, 1.165) is 22.6 Å². The Kier molecular flexibility index (Phi) is 5.46. The van der Waals surface area contributed by atoms with Crippen LogP contribution in [0.15, 0.2) is 54.9 Å². The van der Waals surface area contributed by atoms with Crippen molar-refractivity contribution in [2.75, 3.05) is 0 Å². The summed E-state index contributed by atoms with van der Waals surface area (Å²) in [6, 6.07) is 13.7. The number of nitrogens with zero attached hydrogens (tertiary/aromatic N) is 2. The molecule has 0 atom stereocenters. The maximum absolute atomic E-state index is 13.2. The van der Waals surface area contributed by atoms with Crippen LogP contribution in [0.2, 0.25) is 5.02 Å². The van der Waals surface area contributed by atoms with E-state index in [9.17, 15) is 4.79 Å². The van der Waals surface area contributed by atoms with Gasteiger partial charge in [0.05, 0.1) is 0 Å². The number of imidazole rings is 1. The van der Waals surface area contributed by atoms with E-state index in [2.05, 4.69) is 48.6 Å². The van der Waals surface area contributed by atoms with Gasteiger partial charge in [0.1, 0.15) is 5.82 Å². The third-order valence-corrected chi connectivity index (χ3v) is 6.11. The highest BCUT2D eigenvalue weighted by Gasteiger charge is 2.38. The molecule has 4 nitrogen and oxygen atoms in total. The molecule has 1 fully saturated rings. The molecule has 1 N–H and O–H groups in total. The summed E-state index contributed by atoms with van der Waals surface area (Å²) in [7, 11) is 0. The normalized spacial score (nSPS) is 14.2. The molecule has 0 saturated heterocycles. The number of hydrogen-bond acceptors (Lipinski definition) is 2. The van der Waals surface area contributed by atoms with Crippen molar-refractivity contribution in [3.63, 3.8) is 0 Å². The first-order valence-corrected chi connectivity index (χ1v) is 10.9. The first-order chi connectivity index (χ1) is 14.2. The zero-order valence-electron chi connectivity index (χ0n) is 17.9. The largest absolute Gasteiger partial charge is 0.347 e. The van der Waals surface area contributed by atoms with Gasteiger partial charge in [0.25, 0.3) is 5.91 Å². The molecule has 1 heterocycles. The molecule has 0 radical (unpaired) electrons. The number of nitrogens with one attached hydrogen (secondary N) is 1. The van der Waals surface area contributed by atoms with E-state index in [1.165, 1.54) is 12.8 Å². The van der Waals surface area contributed by atoms with Crippen LogP contribution in [0.5, 0.6) is 0 Å². The summed E-state index contributed by atoms with van der Waals surface area (Å²) in [6.07, 6.45) is 6.11. The Labute approximate surface area is 183 Å². The summed E-state index contributed by atoms with van der Waals surface area (Å²) >= 11 is 6.08. The minimum absolute atomic E-state index is 0.0461. The summed E-state index contributed by atoms with van der Waals surface area (Å²) in [5.41, 5.74) is 3.36. The van der Waals surface area contributed by atoms with Crippen molar-refractivity contribution in [2.24, 2.45) is 5.92 Å². The fourth-order valence-corrected chi connectivity index (χ4v) is 4.05. The first-order valence-electron chi connectivity index (χ1n) is 10.5. The lowest BCUT2D eigenvalue weighted by atomic mass is 9.97. The van der Waals surface area contributed by atoms with Gasteiger partial charge in [-0.15, -0.1) is 0 Å². The van der Waals surface area contributed by atoms with Crippen LogP contribution in [0.4, 0.5) is 0 Å². The van der Waals surface area contributed by atoms with Gasteiger partial charge >= 0.3 is 0 Å². The first kappa shape index (κ1) is 20.7. The molecule has 0 bridgehead atoms. The summed E-state index contributed by atoms with van der Waals surface area (Å²) in [6.45, 7) is 8.46. The Hall–Kier alpha value is -2.59. The lowest BCUT2D eigenvalue weighted by Gasteiger charge is -2.26. The maximum atomic E-state index is 13.2. The number of rotatable bonds is 6. The Morgan fingerprint density at radius 2 is 1.83 bits per heavy atom. The van der Waals surface area contributed by atoms with Gasteiger partial charge in [0, 0.05) is 40.1 Å². The smallest absolute Gasteiger partial charge is 0.251 e. The predicted octanol–water partition coefficient (Wildman–Crippen LogP) is 6.23. The maximum Gasteiger partial charge on any atom is 0.251 e. The van der Waals surface area contributed by atoms with Crippen LogP contribution in [0.3, 0.4) is 0 Å². The minimum Gasteiger partial charge on any atom is -0.347 e. The lowest BCUT2D eigenvalue weighted by Crippen LogP contribution is -2.45. The molecule has 3 aromatic rings. The van der Waals surface area contributed by atoms with Crippen molar-refractivity contribution < 1.29 is 4.79 Å². The van der Waals surface area contributed by atoms with Gasteiger partial charge < -0.3 is 9.88 Å². The van der Waals surface area contributed by atoms with E-state index < -0.39 is 0 Å². The molecule has 0 spiro atoms. The van der Waals surface area contributed by atoms with E-state index in [0.29, 0.717) is 16.5 Å². The molecule has 0 aliphatic heterocycles. The number of aromatic nitrogens is 2. The van der Waals surface area contributed by atoms with Crippen molar-refractivity contribution in [3.8, 4) is 16.8 Å². The Balaban J connectivity index is 1.78. The molecule has 1 amide bonds. The van der Waals surface area contributed by atoms with Gasteiger partial charge in [-0.3, -0.25) is 4.79 Å². The zero-order chi connectivity index (χ0) is 21.5. The molecule has 1 saturated carbocycles. The van der Waals surface area contributed by atoms with Crippen LogP contribution >= 0.6 is 11.6 Å². The molecule has 0 unspecified atom stereocenters. The third-order valence-electron chi connectivity index (χ3n) is 5.86. The third kappa shape index (κ3) is 4.29. The van der Waals surface area contributed by atoms with Gasteiger partial charge in [-0.2, -0.15) is 0 Å². The predicted molar refractivity (Wildman–Crippen MR) is 122 cm³/mol. The number of carbonyl (C=O) groups excluding carboxylic acids is 1.